The van der Waals surface area contributed by atoms with Crippen LogP contribution in [0.25, 0.3) is 0 Å². The Labute approximate surface area is 110 Å². The standard InChI is InChI=1S/C13H13ClFN3/c1-9-5-6-16-13(17-9)18(2)8-10-3-4-11(14)12(15)7-10/h3-7H,8H2,1-2H3. The molecule has 0 amide bonds. The number of aryl methyl sites for hydroxylation is 1. The van der Waals surface area contributed by atoms with Gasteiger partial charge < -0.3 is 4.90 Å². The number of benzene rings is 1. The van der Waals surface area contributed by atoms with Crippen molar-refractivity contribution in [2.45, 2.75) is 13.5 Å². The third kappa shape index (κ3) is 2.96. The van der Waals surface area contributed by atoms with Crippen molar-refractivity contribution in [3.05, 3.63) is 52.6 Å². The van der Waals surface area contributed by atoms with E-state index < -0.39 is 5.82 Å². The van der Waals surface area contributed by atoms with Crippen molar-refractivity contribution in [3.8, 4) is 0 Å². The third-order valence-corrected chi connectivity index (χ3v) is 2.83. The SMILES string of the molecule is Cc1ccnc(N(C)Cc2ccc(Cl)c(F)c2)n1. The molecule has 0 atom stereocenters. The summed E-state index contributed by atoms with van der Waals surface area (Å²) in [5.74, 6) is 0.207. The summed E-state index contributed by atoms with van der Waals surface area (Å²) in [6, 6.07) is 6.60. The molecular formula is C13H13ClFN3. The Bertz CT molecular complexity index is 560. The molecule has 5 heteroatoms. The molecule has 0 bridgehead atoms. The zero-order chi connectivity index (χ0) is 13.1. The van der Waals surface area contributed by atoms with Crippen molar-refractivity contribution in [2.24, 2.45) is 0 Å². The number of anilines is 1. The average Bonchev–Trinajstić information content (AvgIpc) is 2.34. The van der Waals surface area contributed by atoms with Gasteiger partial charge in [0, 0.05) is 25.5 Å². The summed E-state index contributed by atoms with van der Waals surface area (Å²) >= 11 is 5.64. The van der Waals surface area contributed by atoms with E-state index in [0.29, 0.717) is 12.5 Å². The van der Waals surface area contributed by atoms with E-state index in [1.165, 1.54) is 6.07 Å². The predicted molar refractivity (Wildman–Crippen MR) is 70.3 cm³/mol. The van der Waals surface area contributed by atoms with Gasteiger partial charge in [-0.15, -0.1) is 0 Å². The summed E-state index contributed by atoms with van der Waals surface area (Å²) in [5.41, 5.74) is 1.72. The predicted octanol–water partition coefficient (Wildman–Crippen LogP) is 3.21. The molecule has 1 heterocycles. The molecule has 0 unspecified atom stereocenters. The van der Waals surface area contributed by atoms with Crippen LogP contribution in [0.5, 0.6) is 0 Å². The zero-order valence-electron chi connectivity index (χ0n) is 10.2. The minimum atomic E-state index is -0.410. The second-order valence-corrected chi connectivity index (χ2v) is 4.51. The van der Waals surface area contributed by atoms with Gasteiger partial charge in [-0.1, -0.05) is 17.7 Å². The molecule has 0 fully saturated rings. The van der Waals surface area contributed by atoms with Crippen LogP contribution in [0.4, 0.5) is 10.3 Å². The van der Waals surface area contributed by atoms with E-state index in [1.54, 1.807) is 18.3 Å². The van der Waals surface area contributed by atoms with Crippen LogP contribution in [0.2, 0.25) is 5.02 Å². The number of hydrogen-bond acceptors (Lipinski definition) is 3. The smallest absolute Gasteiger partial charge is 0.225 e. The van der Waals surface area contributed by atoms with Crippen LogP contribution >= 0.6 is 11.6 Å². The van der Waals surface area contributed by atoms with Crippen molar-refractivity contribution in [2.75, 3.05) is 11.9 Å². The lowest BCUT2D eigenvalue weighted by atomic mass is 10.2. The van der Waals surface area contributed by atoms with Gasteiger partial charge in [0.1, 0.15) is 5.82 Å². The van der Waals surface area contributed by atoms with Crippen LogP contribution in [0.15, 0.2) is 30.5 Å². The molecule has 1 aromatic carbocycles. The first-order valence-corrected chi connectivity index (χ1v) is 5.89. The van der Waals surface area contributed by atoms with Gasteiger partial charge in [0.15, 0.2) is 0 Å². The summed E-state index contributed by atoms with van der Waals surface area (Å²) in [6.07, 6.45) is 1.70. The molecule has 0 saturated carbocycles. The monoisotopic (exact) mass is 265 g/mol. The van der Waals surface area contributed by atoms with Gasteiger partial charge in [0.05, 0.1) is 5.02 Å². The average molecular weight is 266 g/mol. The van der Waals surface area contributed by atoms with E-state index in [0.717, 1.165) is 11.3 Å². The number of halogens is 2. The van der Waals surface area contributed by atoms with Gasteiger partial charge in [0.25, 0.3) is 0 Å². The summed E-state index contributed by atoms with van der Waals surface area (Å²) in [7, 11) is 1.86. The third-order valence-electron chi connectivity index (χ3n) is 2.53. The maximum Gasteiger partial charge on any atom is 0.225 e. The highest BCUT2D eigenvalue weighted by Gasteiger charge is 2.07. The minimum absolute atomic E-state index is 0.133. The molecule has 0 spiro atoms. The first-order chi connectivity index (χ1) is 8.56. The first-order valence-electron chi connectivity index (χ1n) is 5.51. The highest BCUT2D eigenvalue weighted by molar-refractivity contribution is 6.30. The van der Waals surface area contributed by atoms with Crippen LogP contribution in [0, 0.1) is 12.7 Å². The molecule has 2 aromatic rings. The fourth-order valence-corrected chi connectivity index (χ4v) is 1.72. The maximum absolute atomic E-state index is 13.3. The van der Waals surface area contributed by atoms with Crippen molar-refractivity contribution in [1.29, 1.82) is 0 Å². The van der Waals surface area contributed by atoms with Crippen LogP contribution in [0.3, 0.4) is 0 Å². The molecule has 0 aliphatic carbocycles. The number of nitrogens with zero attached hydrogens (tertiary/aromatic N) is 3. The van der Waals surface area contributed by atoms with Crippen molar-refractivity contribution in [1.82, 2.24) is 9.97 Å². The Hall–Kier alpha value is -1.68. The van der Waals surface area contributed by atoms with Crippen LogP contribution in [-0.2, 0) is 6.54 Å². The van der Waals surface area contributed by atoms with Crippen LogP contribution in [0.1, 0.15) is 11.3 Å². The fraction of sp³-hybridized carbons (Fsp3) is 0.231. The van der Waals surface area contributed by atoms with Gasteiger partial charge >= 0.3 is 0 Å². The fourth-order valence-electron chi connectivity index (χ4n) is 1.60. The molecule has 0 aliphatic heterocycles. The molecule has 18 heavy (non-hydrogen) atoms. The van der Waals surface area contributed by atoms with Crippen molar-refractivity contribution in [3.63, 3.8) is 0 Å². The van der Waals surface area contributed by atoms with Gasteiger partial charge in [-0.25, -0.2) is 14.4 Å². The second-order valence-electron chi connectivity index (χ2n) is 4.10. The molecule has 0 N–H and O–H groups in total. The summed E-state index contributed by atoms with van der Waals surface area (Å²) in [5, 5.41) is 0.133. The molecule has 2 rings (SSSR count). The first kappa shape index (κ1) is 12.8. The Morgan fingerprint density at radius 1 is 1.33 bits per heavy atom. The molecule has 0 aliphatic rings. The van der Waals surface area contributed by atoms with Crippen LogP contribution in [-0.4, -0.2) is 17.0 Å². The molecule has 3 nitrogen and oxygen atoms in total. The highest BCUT2D eigenvalue weighted by atomic mass is 35.5. The van der Waals surface area contributed by atoms with Gasteiger partial charge in [-0.2, -0.15) is 0 Å². The minimum Gasteiger partial charge on any atom is -0.340 e. The molecule has 94 valence electrons. The summed E-state index contributed by atoms with van der Waals surface area (Å²) in [6.45, 7) is 2.43. The normalized spacial score (nSPS) is 10.4. The zero-order valence-corrected chi connectivity index (χ0v) is 10.9. The van der Waals surface area contributed by atoms with E-state index in [-0.39, 0.29) is 5.02 Å². The van der Waals surface area contributed by atoms with Crippen LogP contribution < -0.4 is 4.90 Å². The molecule has 0 radical (unpaired) electrons. The topological polar surface area (TPSA) is 29.0 Å². The molecular weight excluding hydrogens is 253 g/mol. The van der Waals surface area contributed by atoms with E-state index in [4.69, 9.17) is 11.6 Å². The maximum atomic E-state index is 13.3. The number of hydrogen-bond donors (Lipinski definition) is 0. The van der Waals surface area contributed by atoms with Crippen molar-refractivity contribution < 1.29 is 4.39 Å². The van der Waals surface area contributed by atoms with Crippen molar-refractivity contribution >= 4 is 17.5 Å². The highest BCUT2D eigenvalue weighted by Crippen LogP contribution is 2.17. The van der Waals surface area contributed by atoms with Gasteiger partial charge in [-0.05, 0) is 30.7 Å². The lowest BCUT2D eigenvalue weighted by Crippen LogP contribution is -2.19. The lowest BCUT2D eigenvalue weighted by Gasteiger charge is -2.17. The Morgan fingerprint density at radius 3 is 2.78 bits per heavy atom. The quantitative estimate of drug-likeness (QED) is 0.853. The van der Waals surface area contributed by atoms with Gasteiger partial charge in [-0.3, -0.25) is 0 Å². The summed E-state index contributed by atoms with van der Waals surface area (Å²) < 4.78 is 13.3. The second kappa shape index (κ2) is 5.31. The number of rotatable bonds is 3. The van der Waals surface area contributed by atoms with E-state index in [2.05, 4.69) is 9.97 Å². The Kier molecular flexibility index (Phi) is 3.77. The van der Waals surface area contributed by atoms with E-state index in [1.807, 2.05) is 24.9 Å². The van der Waals surface area contributed by atoms with Gasteiger partial charge in [0.2, 0.25) is 5.95 Å². The molecule has 1 aromatic heterocycles. The molecule has 0 saturated heterocycles. The van der Waals surface area contributed by atoms with E-state index >= 15 is 0 Å². The van der Waals surface area contributed by atoms with E-state index in [9.17, 15) is 4.39 Å². The lowest BCUT2D eigenvalue weighted by molar-refractivity contribution is 0.625. The Balaban J connectivity index is 2.16. The summed E-state index contributed by atoms with van der Waals surface area (Å²) in [4.78, 5) is 10.3. The largest absolute Gasteiger partial charge is 0.340 e. The Morgan fingerprint density at radius 2 is 2.11 bits per heavy atom. The number of aromatic nitrogens is 2.